The lowest BCUT2D eigenvalue weighted by Gasteiger charge is -2.22. The van der Waals surface area contributed by atoms with Crippen molar-refractivity contribution in [2.45, 2.75) is 58.4 Å². The number of nitrogens with one attached hydrogen (secondary N) is 4. The molecule has 46 heavy (non-hydrogen) atoms. The number of hydrogen-bond acceptors (Lipinski definition) is 6. The van der Waals surface area contributed by atoms with E-state index in [1.807, 2.05) is 25.1 Å². The maximum absolute atomic E-state index is 14.7. The zero-order valence-corrected chi connectivity index (χ0v) is 27.2. The number of amides is 2. The molecule has 2 aromatic carbocycles. The molecule has 2 aliphatic rings. The van der Waals surface area contributed by atoms with Crippen LogP contribution < -0.4 is 16.0 Å². The van der Waals surface area contributed by atoms with Crippen LogP contribution in [0, 0.1) is 18.7 Å². The first-order valence-electron chi connectivity index (χ1n) is 15.2. The number of anilines is 2. The van der Waals surface area contributed by atoms with Crippen molar-refractivity contribution in [3.05, 3.63) is 87.1 Å². The molecule has 6 rings (SSSR count). The molecule has 2 amide bonds. The van der Waals surface area contributed by atoms with Gasteiger partial charge in [-0.3, -0.25) is 9.59 Å². The Balaban J connectivity index is 1.32. The number of aromatic amines is 1. The number of aromatic nitrogens is 4. The monoisotopic (exact) mass is 665 g/mol. The molecule has 13 heteroatoms. The topological polar surface area (TPSA) is 126 Å². The van der Waals surface area contributed by atoms with E-state index in [4.69, 9.17) is 32.9 Å². The van der Waals surface area contributed by atoms with E-state index >= 15 is 0 Å². The normalized spacial score (nSPS) is 18.0. The molecule has 1 saturated carbocycles. The lowest BCUT2D eigenvalue weighted by molar-refractivity contribution is -0.119. The molecule has 0 radical (unpaired) electrons. The van der Waals surface area contributed by atoms with Gasteiger partial charge >= 0.3 is 0 Å². The molecule has 4 N–H and O–H groups in total. The van der Waals surface area contributed by atoms with Crippen LogP contribution in [-0.2, 0) is 9.53 Å². The summed E-state index contributed by atoms with van der Waals surface area (Å²) in [5.41, 5.74) is 4.44. The molecule has 1 fully saturated rings. The first-order valence-corrected chi connectivity index (χ1v) is 15.9. The molecular formula is C33H34Cl2FN7O3. The van der Waals surface area contributed by atoms with Gasteiger partial charge in [0.2, 0.25) is 5.91 Å². The second-order valence-corrected chi connectivity index (χ2v) is 12.4. The van der Waals surface area contributed by atoms with Gasteiger partial charge in [0, 0.05) is 17.2 Å². The van der Waals surface area contributed by atoms with Crippen molar-refractivity contribution < 1.29 is 18.7 Å². The van der Waals surface area contributed by atoms with Gasteiger partial charge < -0.3 is 25.7 Å². The van der Waals surface area contributed by atoms with Crippen molar-refractivity contribution in [2.75, 3.05) is 17.7 Å². The average Bonchev–Trinajstić information content (AvgIpc) is 3.58. The van der Waals surface area contributed by atoms with Crippen LogP contribution in [0.4, 0.5) is 15.8 Å². The molecule has 2 atom stereocenters. The van der Waals surface area contributed by atoms with Crippen LogP contribution in [0.1, 0.15) is 73.4 Å². The van der Waals surface area contributed by atoms with E-state index in [1.54, 1.807) is 26.2 Å². The van der Waals surface area contributed by atoms with Gasteiger partial charge in [0.05, 0.1) is 41.3 Å². The number of carbonyl (C=O) groups excluding carboxylic acids is 2. The fourth-order valence-electron chi connectivity index (χ4n) is 5.70. The highest BCUT2D eigenvalue weighted by atomic mass is 35.5. The number of allylic oxidation sites excluding steroid dienone is 1. The molecule has 10 nitrogen and oxygen atoms in total. The number of ether oxygens (including phenoxy) is 1. The van der Waals surface area contributed by atoms with Crippen molar-refractivity contribution in [2.24, 2.45) is 5.92 Å². The van der Waals surface area contributed by atoms with Crippen molar-refractivity contribution in [3.8, 4) is 16.9 Å². The Morgan fingerprint density at radius 2 is 1.96 bits per heavy atom. The Kier molecular flexibility index (Phi) is 9.06. The number of imidazole rings is 1. The van der Waals surface area contributed by atoms with Crippen molar-refractivity contribution >= 4 is 46.4 Å². The van der Waals surface area contributed by atoms with E-state index in [0.29, 0.717) is 47.7 Å². The first-order chi connectivity index (χ1) is 22.1. The Morgan fingerprint density at radius 1 is 1.15 bits per heavy atom. The van der Waals surface area contributed by atoms with Crippen LogP contribution in [-0.4, -0.2) is 38.7 Å². The maximum Gasteiger partial charge on any atom is 0.255 e. The molecule has 2 bridgehead atoms. The van der Waals surface area contributed by atoms with Crippen LogP contribution in [0.25, 0.3) is 16.9 Å². The smallest absolute Gasteiger partial charge is 0.255 e. The van der Waals surface area contributed by atoms with Crippen LogP contribution in [0.15, 0.2) is 54.1 Å². The number of rotatable bonds is 6. The Morgan fingerprint density at radius 3 is 2.70 bits per heavy atom. The molecule has 4 aromatic rings. The quantitative estimate of drug-likeness (QED) is 0.156. The third-order valence-electron chi connectivity index (χ3n) is 8.58. The van der Waals surface area contributed by atoms with Gasteiger partial charge in [0.1, 0.15) is 22.4 Å². The minimum Gasteiger partial charge on any atom is -0.482 e. The van der Waals surface area contributed by atoms with Gasteiger partial charge in [-0.1, -0.05) is 42.6 Å². The lowest BCUT2D eigenvalue weighted by atomic mass is 9.93. The summed E-state index contributed by atoms with van der Waals surface area (Å²) < 4.78 is 21.7. The van der Waals surface area contributed by atoms with Crippen LogP contribution >= 0.6 is 23.2 Å². The summed E-state index contributed by atoms with van der Waals surface area (Å²) in [5, 5.41) is 14.0. The van der Waals surface area contributed by atoms with E-state index in [1.165, 1.54) is 22.5 Å². The summed E-state index contributed by atoms with van der Waals surface area (Å²) >= 11 is 12.7. The Labute approximate surface area is 275 Å². The fourth-order valence-corrected chi connectivity index (χ4v) is 6.11. The maximum atomic E-state index is 14.7. The van der Waals surface area contributed by atoms with Gasteiger partial charge in [0.25, 0.3) is 5.91 Å². The van der Waals surface area contributed by atoms with E-state index < -0.39 is 17.8 Å². The van der Waals surface area contributed by atoms with Crippen LogP contribution in [0.5, 0.6) is 0 Å². The molecule has 2 aromatic heterocycles. The predicted molar refractivity (Wildman–Crippen MR) is 176 cm³/mol. The summed E-state index contributed by atoms with van der Waals surface area (Å²) in [6.07, 6.45) is 6.20. The summed E-state index contributed by atoms with van der Waals surface area (Å²) in [6.45, 7) is 3.56. The lowest BCUT2D eigenvalue weighted by Crippen LogP contribution is -2.30. The van der Waals surface area contributed by atoms with Crippen molar-refractivity contribution in [1.82, 2.24) is 25.1 Å². The molecule has 2 unspecified atom stereocenters. The molecule has 1 aliphatic carbocycles. The van der Waals surface area contributed by atoms with Gasteiger partial charge in [-0.25, -0.2) is 14.1 Å². The zero-order chi connectivity index (χ0) is 32.5. The molecule has 0 spiro atoms. The number of fused-ring (bicyclic) bond motifs is 4. The molecule has 1 aliphatic heterocycles. The number of benzene rings is 2. The number of halogens is 3. The number of nitrogens with zero attached hydrogens (tertiary/aromatic N) is 3. The SMILES string of the molecule is COC(Nc1ccc2c(c1)NC(=O)C(C)CCCC(NC(=O)c1cnn(-c3cccc(Cl)c3F)c1C)c1nc-2c(Cl)[nH]1)=C1CCC1. The number of H-pyrrole nitrogens is 1. The van der Waals surface area contributed by atoms with Crippen LogP contribution in [0.3, 0.4) is 0 Å². The highest BCUT2D eigenvalue weighted by Crippen LogP contribution is 2.37. The zero-order valence-electron chi connectivity index (χ0n) is 25.6. The minimum absolute atomic E-state index is 0.0418. The molecular weight excluding hydrogens is 632 g/mol. The van der Waals surface area contributed by atoms with Gasteiger partial charge in [0.15, 0.2) is 11.7 Å². The summed E-state index contributed by atoms with van der Waals surface area (Å²) in [6, 6.07) is 9.62. The highest BCUT2D eigenvalue weighted by molar-refractivity contribution is 6.32. The summed E-state index contributed by atoms with van der Waals surface area (Å²) in [5.74, 6) is -0.271. The van der Waals surface area contributed by atoms with Crippen LogP contribution in [0.2, 0.25) is 10.2 Å². The van der Waals surface area contributed by atoms with Gasteiger partial charge in [-0.2, -0.15) is 5.10 Å². The largest absolute Gasteiger partial charge is 0.482 e. The van der Waals surface area contributed by atoms with Crippen molar-refractivity contribution in [1.29, 1.82) is 0 Å². The van der Waals surface area contributed by atoms with E-state index in [2.05, 4.69) is 26.0 Å². The number of carbonyl (C=O) groups is 2. The minimum atomic E-state index is -0.629. The standard InChI is InChI=1S/C33H34Cl2FN7O3/c1-17-7-4-11-24(39-32(45)22-16-37-43(18(22)2)26-12-6-10-23(34)27(26)36)30-41-28(29(35)42-30)21-14-13-20(15-25(21)40-31(17)44)38-33(46-3)19-8-5-9-19/h6,10,12-17,24,38H,4-5,7-9,11H2,1-3H3,(H,39,45)(H,40,44)(H,41,42). The third kappa shape index (κ3) is 6.21. The van der Waals surface area contributed by atoms with E-state index in [-0.39, 0.29) is 33.3 Å². The predicted octanol–water partition coefficient (Wildman–Crippen LogP) is 7.70. The van der Waals surface area contributed by atoms with E-state index in [9.17, 15) is 14.0 Å². The Hall–Kier alpha value is -4.35. The second kappa shape index (κ2) is 13.2. The van der Waals surface area contributed by atoms with Gasteiger partial charge in [-0.05, 0) is 74.9 Å². The number of hydrogen-bond donors (Lipinski definition) is 4. The third-order valence-corrected chi connectivity index (χ3v) is 9.14. The first kappa shape index (κ1) is 31.6. The van der Waals surface area contributed by atoms with Crippen molar-refractivity contribution in [3.63, 3.8) is 0 Å². The summed E-state index contributed by atoms with van der Waals surface area (Å²) in [4.78, 5) is 34.9. The number of methoxy groups -OCH3 is 1. The molecule has 240 valence electrons. The molecule has 0 saturated heterocycles. The Bertz CT molecular complexity index is 1840. The summed E-state index contributed by atoms with van der Waals surface area (Å²) in [7, 11) is 1.64. The second-order valence-electron chi connectivity index (χ2n) is 11.6. The van der Waals surface area contributed by atoms with E-state index in [0.717, 1.165) is 30.8 Å². The van der Waals surface area contributed by atoms with Gasteiger partial charge in [-0.15, -0.1) is 0 Å². The molecule has 3 heterocycles. The average molecular weight is 667 g/mol. The highest BCUT2D eigenvalue weighted by Gasteiger charge is 2.27. The fraction of sp³-hybridized carbons (Fsp3) is 0.333.